The predicted molar refractivity (Wildman–Crippen MR) is 123 cm³/mol. The second-order valence-electron chi connectivity index (χ2n) is 7.53. The van der Waals surface area contributed by atoms with Crippen LogP contribution in [0.5, 0.6) is 0 Å². The van der Waals surface area contributed by atoms with Gasteiger partial charge in [0.05, 0.1) is 29.4 Å². The Morgan fingerprint density at radius 1 is 1.14 bits per heavy atom. The minimum Gasteiger partial charge on any atom is -0.467 e. The van der Waals surface area contributed by atoms with E-state index in [4.69, 9.17) is 4.42 Å². The van der Waals surface area contributed by atoms with E-state index < -0.39 is 17.6 Å². The van der Waals surface area contributed by atoms with E-state index in [1.165, 1.54) is 30.4 Å². The van der Waals surface area contributed by atoms with E-state index >= 15 is 0 Å². The molecule has 0 aliphatic heterocycles. The first kappa shape index (κ1) is 22.7. The lowest BCUT2D eigenvalue weighted by Gasteiger charge is -2.10. The van der Waals surface area contributed by atoms with Crippen LogP contribution in [-0.4, -0.2) is 30.6 Å². The van der Waals surface area contributed by atoms with Crippen LogP contribution in [0.15, 0.2) is 76.8 Å². The van der Waals surface area contributed by atoms with Crippen molar-refractivity contribution in [2.45, 2.75) is 23.6 Å². The fourth-order valence-electron chi connectivity index (χ4n) is 3.46. The van der Waals surface area contributed by atoms with Gasteiger partial charge in [0.2, 0.25) is 5.95 Å². The number of hydrogen-bond donors (Lipinski definition) is 2. The van der Waals surface area contributed by atoms with Crippen LogP contribution in [0, 0.1) is 0 Å². The second-order valence-corrected chi connectivity index (χ2v) is 8.50. The molecular weight excluding hydrogens is 481 g/mol. The summed E-state index contributed by atoms with van der Waals surface area (Å²) in [4.78, 5) is 21.3. The Morgan fingerprint density at radius 3 is 2.66 bits per heavy atom. The van der Waals surface area contributed by atoms with Crippen LogP contribution in [0.1, 0.15) is 27.2 Å². The minimum atomic E-state index is -4.50. The number of carbonyl (C=O) groups excluding carboxylic acids is 1. The van der Waals surface area contributed by atoms with Gasteiger partial charge in [0.15, 0.2) is 5.16 Å². The molecule has 3 aromatic heterocycles. The Balaban J connectivity index is 1.39. The molecule has 12 heteroatoms. The van der Waals surface area contributed by atoms with Gasteiger partial charge in [-0.3, -0.25) is 15.2 Å². The first-order chi connectivity index (χ1) is 16.9. The van der Waals surface area contributed by atoms with Crippen molar-refractivity contribution < 1.29 is 22.4 Å². The number of H-pyrrole nitrogens is 1. The summed E-state index contributed by atoms with van der Waals surface area (Å²) >= 11 is 1.47. The van der Waals surface area contributed by atoms with Gasteiger partial charge in [0, 0.05) is 11.3 Å². The zero-order chi connectivity index (χ0) is 24.4. The summed E-state index contributed by atoms with van der Waals surface area (Å²) in [5.74, 6) is 0.878. The molecule has 0 saturated carbocycles. The third-order valence-corrected chi connectivity index (χ3v) is 6.13. The number of alkyl halides is 3. The molecule has 178 valence electrons. The fourth-order valence-corrected chi connectivity index (χ4v) is 4.20. The van der Waals surface area contributed by atoms with Crippen molar-refractivity contribution in [2.75, 3.05) is 5.32 Å². The van der Waals surface area contributed by atoms with Crippen LogP contribution in [0.4, 0.5) is 19.1 Å². The maximum absolute atomic E-state index is 13.2. The largest absolute Gasteiger partial charge is 0.467 e. The van der Waals surface area contributed by atoms with Gasteiger partial charge in [-0.1, -0.05) is 23.9 Å². The van der Waals surface area contributed by atoms with Crippen molar-refractivity contribution in [3.05, 3.63) is 89.6 Å². The first-order valence-corrected chi connectivity index (χ1v) is 11.3. The number of hydrogen-bond acceptors (Lipinski definition) is 6. The molecule has 35 heavy (non-hydrogen) atoms. The maximum Gasteiger partial charge on any atom is 0.416 e. The van der Waals surface area contributed by atoms with Crippen molar-refractivity contribution in [2.24, 2.45) is 0 Å². The minimum absolute atomic E-state index is 0.112. The number of furan rings is 1. The summed E-state index contributed by atoms with van der Waals surface area (Å²) in [6, 6.07) is 13.7. The number of carbonyl (C=O) groups is 1. The van der Waals surface area contributed by atoms with Crippen LogP contribution in [0.3, 0.4) is 0 Å². The van der Waals surface area contributed by atoms with Gasteiger partial charge in [-0.15, -0.1) is 0 Å². The average molecular weight is 498 g/mol. The molecule has 0 spiro atoms. The lowest BCUT2D eigenvalue weighted by Crippen LogP contribution is -2.16. The quantitative estimate of drug-likeness (QED) is 0.293. The lowest BCUT2D eigenvalue weighted by atomic mass is 10.1. The predicted octanol–water partition coefficient (Wildman–Crippen LogP) is 5.36. The molecule has 0 radical (unpaired) electrons. The lowest BCUT2D eigenvalue weighted by molar-refractivity contribution is -0.137. The number of aromatic amines is 1. The third-order valence-electron chi connectivity index (χ3n) is 5.18. The van der Waals surface area contributed by atoms with Crippen molar-refractivity contribution in [1.29, 1.82) is 0 Å². The standard InChI is InChI=1S/C23H17F3N6O2S/c24-23(25,26)16-7-8-19-18(10-16)29-21(32(19)11-17-2-1-9-34-17)30-20(33)15-5-3-14(4-6-15)12-35-22-27-13-28-31-22/h1-10,13H,11-12H2,(H,27,28,31)(H,29,30,33). The van der Waals surface area contributed by atoms with Crippen LogP contribution < -0.4 is 5.32 Å². The number of benzene rings is 2. The highest BCUT2D eigenvalue weighted by atomic mass is 32.2. The van der Waals surface area contributed by atoms with Gasteiger partial charge in [-0.25, -0.2) is 9.97 Å². The normalized spacial score (nSPS) is 11.7. The van der Waals surface area contributed by atoms with E-state index in [0.717, 1.165) is 17.7 Å². The van der Waals surface area contributed by atoms with E-state index in [-0.39, 0.29) is 18.0 Å². The molecule has 8 nitrogen and oxygen atoms in total. The summed E-state index contributed by atoms with van der Waals surface area (Å²) in [7, 11) is 0. The van der Waals surface area contributed by atoms with Gasteiger partial charge in [0.25, 0.3) is 5.91 Å². The van der Waals surface area contributed by atoms with Crippen molar-refractivity contribution in [3.8, 4) is 0 Å². The zero-order valence-electron chi connectivity index (χ0n) is 17.9. The number of fused-ring (bicyclic) bond motifs is 1. The highest BCUT2D eigenvalue weighted by Gasteiger charge is 2.31. The van der Waals surface area contributed by atoms with Gasteiger partial charge < -0.3 is 8.98 Å². The van der Waals surface area contributed by atoms with Crippen molar-refractivity contribution >= 4 is 34.7 Å². The average Bonchev–Trinajstić information content (AvgIpc) is 3.60. The number of thioether (sulfide) groups is 1. The van der Waals surface area contributed by atoms with Crippen LogP contribution in [0.25, 0.3) is 11.0 Å². The van der Waals surface area contributed by atoms with E-state index in [1.807, 2.05) is 12.1 Å². The molecule has 0 unspecified atom stereocenters. The van der Waals surface area contributed by atoms with E-state index in [0.29, 0.717) is 27.7 Å². The number of halogens is 3. The molecule has 2 aromatic carbocycles. The van der Waals surface area contributed by atoms with Gasteiger partial charge >= 0.3 is 6.18 Å². The molecule has 3 heterocycles. The molecule has 0 bridgehead atoms. The Bertz CT molecular complexity index is 1450. The number of nitrogens with one attached hydrogen (secondary N) is 2. The number of nitrogens with zero attached hydrogens (tertiary/aromatic N) is 4. The summed E-state index contributed by atoms with van der Waals surface area (Å²) in [6.45, 7) is 0.183. The molecule has 0 saturated heterocycles. The van der Waals surface area contributed by atoms with Crippen LogP contribution >= 0.6 is 11.8 Å². The fraction of sp³-hybridized carbons (Fsp3) is 0.130. The Labute approximate surface area is 200 Å². The monoisotopic (exact) mass is 498 g/mol. The Morgan fingerprint density at radius 2 is 1.97 bits per heavy atom. The number of aromatic nitrogens is 5. The molecule has 1 amide bonds. The SMILES string of the molecule is O=C(Nc1nc2cc(C(F)(F)F)ccc2n1Cc1ccco1)c1ccc(CSc2ncn[nH]2)cc1. The number of amides is 1. The molecule has 0 fully saturated rings. The van der Waals surface area contributed by atoms with Crippen LogP contribution in [0.2, 0.25) is 0 Å². The Kier molecular flexibility index (Phi) is 6.03. The zero-order valence-corrected chi connectivity index (χ0v) is 18.7. The molecule has 5 rings (SSSR count). The van der Waals surface area contributed by atoms with Gasteiger partial charge in [0.1, 0.15) is 12.1 Å². The molecule has 0 aliphatic rings. The topological polar surface area (TPSA) is 102 Å². The highest BCUT2D eigenvalue weighted by molar-refractivity contribution is 7.98. The Hall–Kier alpha value is -4.06. The first-order valence-electron chi connectivity index (χ1n) is 10.3. The summed E-state index contributed by atoms with van der Waals surface area (Å²) < 4.78 is 46.6. The van der Waals surface area contributed by atoms with Crippen molar-refractivity contribution in [1.82, 2.24) is 24.7 Å². The molecule has 5 aromatic rings. The van der Waals surface area contributed by atoms with E-state index in [2.05, 4.69) is 25.5 Å². The summed E-state index contributed by atoms with van der Waals surface area (Å²) in [6.07, 6.45) is -1.58. The van der Waals surface area contributed by atoms with E-state index in [1.54, 1.807) is 28.8 Å². The van der Waals surface area contributed by atoms with Gasteiger partial charge in [-0.2, -0.15) is 18.3 Å². The maximum atomic E-state index is 13.2. The number of anilines is 1. The number of imidazole rings is 1. The van der Waals surface area contributed by atoms with Crippen molar-refractivity contribution in [3.63, 3.8) is 0 Å². The summed E-state index contributed by atoms with van der Waals surface area (Å²) in [5.41, 5.74) is 1.09. The molecule has 0 aliphatic carbocycles. The van der Waals surface area contributed by atoms with Gasteiger partial charge in [-0.05, 0) is 48.0 Å². The smallest absolute Gasteiger partial charge is 0.416 e. The molecule has 2 N–H and O–H groups in total. The molecule has 0 atom stereocenters. The van der Waals surface area contributed by atoms with Crippen LogP contribution in [-0.2, 0) is 18.5 Å². The second kappa shape index (κ2) is 9.29. The molecular formula is C23H17F3N6O2S. The summed E-state index contributed by atoms with van der Waals surface area (Å²) in [5, 5.41) is 9.98. The highest BCUT2D eigenvalue weighted by Crippen LogP contribution is 2.32. The third kappa shape index (κ3) is 5.06. The van der Waals surface area contributed by atoms with E-state index in [9.17, 15) is 18.0 Å². The number of rotatable bonds is 7.